The van der Waals surface area contributed by atoms with Crippen molar-refractivity contribution in [3.8, 4) is 0 Å². The molecular weight excluding hydrogens is 206 g/mol. The first-order valence-electron chi connectivity index (χ1n) is 4.68. The van der Waals surface area contributed by atoms with Gasteiger partial charge in [-0.05, 0) is 30.5 Å². The van der Waals surface area contributed by atoms with Crippen molar-refractivity contribution in [3.05, 3.63) is 52.2 Å². The molecule has 0 saturated heterocycles. The molecule has 1 aromatic carbocycles. The minimum Gasteiger partial charge on any atom is -0.321 e. The topological polar surface area (TPSA) is 29.1 Å². The highest BCUT2D eigenvalue weighted by molar-refractivity contribution is 7.10. The molecule has 3 heteroatoms. The van der Waals surface area contributed by atoms with E-state index >= 15 is 0 Å². The van der Waals surface area contributed by atoms with Gasteiger partial charge in [0.2, 0.25) is 0 Å². The minimum atomic E-state index is -0.0582. The van der Waals surface area contributed by atoms with E-state index in [0.717, 1.165) is 10.6 Å². The predicted molar refractivity (Wildman–Crippen MR) is 63.5 cm³/mol. The molecule has 1 heterocycles. The summed E-state index contributed by atoms with van der Waals surface area (Å²) < 4.78 is 0. The SMILES string of the molecule is Cc1sccc1NC(=O)c1ccccc1. The number of rotatable bonds is 2. The molecule has 0 aliphatic heterocycles. The Morgan fingerprint density at radius 3 is 2.53 bits per heavy atom. The van der Waals surface area contributed by atoms with Gasteiger partial charge in [0.1, 0.15) is 0 Å². The molecule has 15 heavy (non-hydrogen) atoms. The van der Waals surface area contributed by atoms with Gasteiger partial charge < -0.3 is 5.32 Å². The summed E-state index contributed by atoms with van der Waals surface area (Å²) in [7, 11) is 0. The molecule has 2 aromatic rings. The number of nitrogens with one attached hydrogen (secondary N) is 1. The van der Waals surface area contributed by atoms with Gasteiger partial charge in [-0.3, -0.25) is 4.79 Å². The van der Waals surface area contributed by atoms with E-state index in [2.05, 4.69) is 5.32 Å². The van der Waals surface area contributed by atoms with Crippen LogP contribution in [0.2, 0.25) is 0 Å². The highest BCUT2D eigenvalue weighted by Crippen LogP contribution is 2.21. The van der Waals surface area contributed by atoms with E-state index in [0.29, 0.717) is 5.56 Å². The molecule has 0 radical (unpaired) electrons. The number of hydrogen-bond acceptors (Lipinski definition) is 2. The van der Waals surface area contributed by atoms with E-state index in [4.69, 9.17) is 0 Å². The summed E-state index contributed by atoms with van der Waals surface area (Å²) in [6, 6.07) is 11.1. The van der Waals surface area contributed by atoms with Crippen molar-refractivity contribution in [1.29, 1.82) is 0 Å². The summed E-state index contributed by atoms with van der Waals surface area (Å²) >= 11 is 1.63. The van der Waals surface area contributed by atoms with E-state index in [1.54, 1.807) is 23.5 Å². The molecule has 0 aliphatic rings. The van der Waals surface area contributed by atoms with Crippen molar-refractivity contribution in [1.82, 2.24) is 0 Å². The highest BCUT2D eigenvalue weighted by atomic mass is 32.1. The number of anilines is 1. The Labute approximate surface area is 92.6 Å². The summed E-state index contributed by atoms with van der Waals surface area (Å²) in [5.74, 6) is -0.0582. The summed E-state index contributed by atoms with van der Waals surface area (Å²) in [6.45, 7) is 1.99. The number of carbonyl (C=O) groups is 1. The first-order valence-corrected chi connectivity index (χ1v) is 5.56. The molecule has 2 rings (SSSR count). The third-order valence-corrected chi connectivity index (χ3v) is 2.99. The zero-order valence-corrected chi connectivity index (χ0v) is 9.17. The Balaban J connectivity index is 2.15. The van der Waals surface area contributed by atoms with Crippen molar-refractivity contribution in [3.63, 3.8) is 0 Å². The van der Waals surface area contributed by atoms with Crippen molar-refractivity contribution < 1.29 is 4.79 Å². The van der Waals surface area contributed by atoms with Crippen LogP contribution in [0.4, 0.5) is 5.69 Å². The Bertz CT molecular complexity index is 461. The zero-order valence-electron chi connectivity index (χ0n) is 8.36. The largest absolute Gasteiger partial charge is 0.321 e. The van der Waals surface area contributed by atoms with Crippen LogP contribution in [0.3, 0.4) is 0 Å². The number of aryl methyl sites for hydroxylation is 1. The molecular formula is C12H11NOS. The van der Waals surface area contributed by atoms with Gasteiger partial charge in [0.05, 0.1) is 5.69 Å². The van der Waals surface area contributed by atoms with Gasteiger partial charge in [0.25, 0.3) is 5.91 Å². The number of hydrogen-bond donors (Lipinski definition) is 1. The van der Waals surface area contributed by atoms with Crippen molar-refractivity contribution in [2.24, 2.45) is 0 Å². The van der Waals surface area contributed by atoms with E-state index in [1.807, 2.05) is 36.6 Å². The Kier molecular flexibility index (Phi) is 2.83. The second-order valence-electron chi connectivity index (χ2n) is 3.21. The molecule has 1 amide bonds. The molecule has 0 unspecified atom stereocenters. The average molecular weight is 217 g/mol. The van der Waals surface area contributed by atoms with Crippen LogP contribution >= 0.6 is 11.3 Å². The lowest BCUT2D eigenvalue weighted by atomic mass is 10.2. The normalized spacial score (nSPS) is 9.93. The quantitative estimate of drug-likeness (QED) is 0.821. The average Bonchev–Trinajstić information content (AvgIpc) is 2.66. The number of thiophene rings is 1. The molecule has 2 nitrogen and oxygen atoms in total. The van der Waals surface area contributed by atoms with Crippen LogP contribution in [0.1, 0.15) is 15.2 Å². The van der Waals surface area contributed by atoms with E-state index in [9.17, 15) is 4.79 Å². The Morgan fingerprint density at radius 2 is 1.93 bits per heavy atom. The van der Waals surface area contributed by atoms with E-state index < -0.39 is 0 Å². The lowest BCUT2D eigenvalue weighted by molar-refractivity contribution is 0.102. The van der Waals surface area contributed by atoms with Crippen LogP contribution in [0.15, 0.2) is 41.8 Å². The van der Waals surface area contributed by atoms with Gasteiger partial charge in [-0.15, -0.1) is 11.3 Å². The molecule has 0 bridgehead atoms. The van der Waals surface area contributed by atoms with Gasteiger partial charge in [0, 0.05) is 10.4 Å². The summed E-state index contributed by atoms with van der Waals surface area (Å²) in [5, 5.41) is 4.85. The highest BCUT2D eigenvalue weighted by Gasteiger charge is 2.06. The minimum absolute atomic E-state index is 0.0582. The summed E-state index contributed by atoms with van der Waals surface area (Å²) in [4.78, 5) is 12.9. The third-order valence-electron chi connectivity index (χ3n) is 2.14. The zero-order chi connectivity index (χ0) is 10.7. The van der Waals surface area contributed by atoms with Gasteiger partial charge >= 0.3 is 0 Å². The first-order chi connectivity index (χ1) is 7.27. The van der Waals surface area contributed by atoms with Crippen LogP contribution in [0.5, 0.6) is 0 Å². The van der Waals surface area contributed by atoms with Gasteiger partial charge in [-0.25, -0.2) is 0 Å². The Morgan fingerprint density at radius 1 is 1.20 bits per heavy atom. The Hall–Kier alpha value is -1.61. The van der Waals surface area contributed by atoms with Gasteiger partial charge in [-0.1, -0.05) is 18.2 Å². The monoisotopic (exact) mass is 217 g/mol. The number of carbonyl (C=O) groups excluding carboxylic acids is 1. The molecule has 1 aromatic heterocycles. The molecule has 0 atom stereocenters. The second kappa shape index (κ2) is 4.28. The van der Waals surface area contributed by atoms with E-state index in [-0.39, 0.29) is 5.91 Å². The fraction of sp³-hybridized carbons (Fsp3) is 0.0833. The van der Waals surface area contributed by atoms with Crippen LogP contribution in [-0.2, 0) is 0 Å². The van der Waals surface area contributed by atoms with Crippen LogP contribution in [0.25, 0.3) is 0 Å². The maximum Gasteiger partial charge on any atom is 0.255 e. The van der Waals surface area contributed by atoms with Crippen molar-refractivity contribution >= 4 is 22.9 Å². The smallest absolute Gasteiger partial charge is 0.255 e. The molecule has 0 spiro atoms. The molecule has 0 saturated carbocycles. The first kappa shape index (κ1) is 9.93. The third kappa shape index (κ3) is 2.25. The van der Waals surface area contributed by atoms with Gasteiger partial charge in [0.15, 0.2) is 0 Å². The van der Waals surface area contributed by atoms with Crippen LogP contribution < -0.4 is 5.32 Å². The lowest BCUT2D eigenvalue weighted by Crippen LogP contribution is -2.11. The summed E-state index contributed by atoms with van der Waals surface area (Å²) in [6.07, 6.45) is 0. The standard InChI is InChI=1S/C12H11NOS/c1-9-11(7-8-15-9)13-12(14)10-5-3-2-4-6-10/h2-8H,1H3,(H,13,14). The van der Waals surface area contributed by atoms with E-state index in [1.165, 1.54) is 0 Å². The van der Waals surface area contributed by atoms with Gasteiger partial charge in [-0.2, -0.15) is 0 Å². The predicted octanol–water partition coefficient (Wildman–Crippen LogP) is 3.31. The molecule has 0 fully saturated rings. The van der Waals surface area contributed by atoms with Crippen LogP contribution in [-0.4, -0.2) is 5.91 Å². The molecule has 0 aliphatic carbocycles. The maximum absolute atomic E-state index is 11.8. The van der Waals surface area contributed by atoms with Crippen LogP contribution in [0, 0.1) is 6.92 Å². The fourth-order valence-corrected chi connectivity index (χ4v) is 1.95. The number of benzene rings is 1. The number of amides is 1. The second-order valence-corrected chi connectivity index (χ2v) is 4.33. The van der Waals surface area contributed by atoms with Crippen molar-refractivity contribution in [2.75, 3.05) is 5.32 Å². The lowest BCUT2D eigenvalue weighted by Gasteiger charge is -2.03. The molecule has 1 N–H and O–H groups in total. The van der Waals surface area contributed by atoms with Crippen molar-refractivity contribution in [2.45, 2.75) is 6.92 Å². The summed E-state index contributed by atoms with van der Waals surface area (Å²) in [5.41, 5.74) is 1.58. The fourth-order valence-electron chi connectivity index (χ4n) is 1.30. The maximum atomic E-state index is 11.8. The molecule has 76 valence electrons.